The van der Waals surface area contributed by atoms with Gasteiger partial charge in [-0.3, -0.25) is 10.2 Å². The zero-order valence-corrected chi connectivity index (χ0v) is 18.3. The highest BCUT2D eigenvalue weighted by Crippen LogP contribution is 2.33. The lowest BCUT2D eigenvalue weighted by molar-refractivity contribution is 0.0210. The van der Waals surface area contributed by atoms with Crippen molar-refractivity contribution in [1.82, 2.24) is 0 Å². The molecule has 0 radical (unpaired) electrons. The van der Waals surface area contributed by atoms with Crippen LogP contribution < -0.4 is 16.0 Å². The maximum Gasteiger partial charge on any atom is 0.423 e. The molecule has 7 nitrogen and oxygen atoms in total. The van der Waals surface area contributed by atoms with Crippen LogP contribution in [-0.2, 0) is 9.47 Å². The van der Waals surface area contributed by atoms with Crippen LogP contribution in [-0.4, -0.2) is 31.4 Å². The molecule has 1 unspecified atom stereocenters. The number of thiophene rings is 1. The van der Waals surface area contributed by atoms with Crippen LogP contribution in [0.25, 0.3) is 10.4 Å². The molecule has 0 saturated carbocycles. The number of ether oxygens (including phenoxy) is 2. The molecule has 1 fully saturated rings. The van der Waals surface area contributed by atoms with E-state index in [0.717, 1.165) is 29.7 Å². The molecule has 1 aromatic heterocycles. The largest absolute Gasteiger partial charge is 0.423 e. The van der Waals surface area contributed by atoms with E-state index < -0.39 is 12.2 Å². The Labute approximate surface area is 190 Å². The molecule has 1 saturated heterocycles. The van der Waals surface area contributed by atoms with Gasteiger partial charge in [-0.2, -0.15) is 0 Å². The van der Waals surface area contributed by atoms with E-state index in [1.165, 1.54) is 16.2 Å². The zero-order chi connectivity index (χ0) is 22.3. The van der Waals surface area contributed by atoms with Crippen molar-refractivity contribution >= 4 is 40.6 Å². The maximum absolute atomic E-state index is 13.0. The molecular formula is C24H25N3O4S. The first-order valence-electron chi connectivity index (χ1n) is 10.5. The summed E-state index contributed by atoms with van der Waals surface area (Å²) in [6.45, 7) is 0.985. The van der Waals surface area contributed by atoms with Gasteiger partial charge in [0, 0.05) is 28.4 Å². The Morgan fingerprint density at radius 1 is 1.12 bits per heavy atom. The first-order valence-corrected chi connectivity index (χ1v) is 11.4. The Kier molecular flexibility index (Phi) is 7.03. The molecule has 2 heterocycles. The molecule has 3 N–H and O–H groups in total. The Balaban J connectivity index is 1.49. The summed E-state index contributed by atoms with van der Waals surface area (Å²) in [6.07, 6.45) is 1.19. The highest BCUT2D eigenvalue weighted by Gasteiger charge is 2.26. The number of anilines is 3. The van der Waals surface area contributed by atoms with Crippen LogP contribution in [0.5, 0.6) is 0 Å². The number of rotatable bonds is 5. The lowest BCUT2D eigenvalue weighted by Crippen LogP contribution is -2.41. The van der Waals surface area contributed by atoms with E-state index in [0.29, 0.717) is 30.2 Å². The average molecular weight is 452 g/mol. The monoisotopic (exact) mass is 451 g/mol. The minimum Gasteiger partial charge on any atom is -0.399 e. The van der Waals surface area contributed by atoms with Gasteiger partial charge in [0.25, 0.3) is 0 Å². The van der Waals surface area contributed by atoms with Crippen molar-refractivity contribution in [3.63, 3.8) is 0 Å². The fourth-order valence-electron chi connectivity index (χ4n) is 3.63. The number of benzene rings is 2. The van der Waals surface area contributed by atoms with Gasteiger partial charge in [-0.15, -0.1) is 11.3 Å². The molecule has 1 aliphatic heterocycles. The third-order valence-electron chi connectivity index (χ3n) is 5.20. The molecule has 1 atom stereocenters. The smallest absolute Gasteiger partial charge is 0.399 e. The molecule has 2 amide bonds. The highest BCUT2D eigenvalue weighted by molar-refractivity contribution is 7.13. The molecule has 4 rings (SSSR count). The van der Waals surface area contributed by atoms with Crippen molar-refractivity contribution in [1.29, 1.82) is 0 Å². The van der Waals surface area contributed by atoms with Gasteiger partial charge in [0.15, 0.2) is 0 Å². The molecule has 0 aliphatic carbocycles. The van der Waals surface area contributed by atoms with Gasteiger partial charge in [-0.1, -0.05) is 24.3 Å². The third-order valence-corrected chi connectivity index (χ3v) is 6.10. The average Bonchev–Trinajstić information content (AvgIpc) is 3.33. The van der Waals surface area contributed by atoms with E-state index in [2.05, 4.69) is 5.32 Å². The summed E-state index contributed by atoms with van der Waals surface area (Å²) in [4.78, 5) is 28.0. The quantitative estimate of drug-likeness (QED) is 0.381. The van der Waals surface area contributed by atoms with Crippen molar-refractivity contribution in [2.24, 2.45) is 0 Å². The Morgan fingerprint density at radius 2 is 1.97 bits per heavy atom. The standard InChI is InChI=1S/C24H25N3O4S/c25-17-11-12-20(22-10-6-14-32-22)21(15-17)26-23(28)31-24(29)27(18-7-2-1-3-8-18)16-19-9-4-5-13-30-19/h1-3,6-8,10-12,14-15,19H,4-5,9,13,16,25H2,(H,26,28). The van der Waals surface area contributed by atoms with Gasteiger partial charge in [0.2, 0.25) is 0 Å². The summed E-state index contributed by atoms with van der Waals surface area (Å²) in [5.74, 6) is 0. The summed E-state index contributed by atoms with van der Waals surface area (Å²) in [6, 6.07) is 18.2. The zero-order valence-electron chi connectivity index (χ0n) is 17.5. The molecule has 0 spiro atoms. The van der Waals surface area contributed by atoms with Crippen LogP contribution in [0.4, 0.5) is 26.7 Å². The second-order valence-corrected chi connectivity index (χ2v) is 8.45. The van der Waals surface area contributed by atoms with Crippen molar-refractivity contribution in [3.05, 3.63) is 66.0 Å². The first-order chi connectivity index (χ1) is 15.6. The summed E-state index contributed by atoms with van der Waals surface area (Å²) < 4.78 is 11.0. The van der Waals surface area contributed by atoms with Crippen molar-refractivity contribution in [2.75, 3.05) is 29.1 Å². The Hall–Kier alpha value is -3.36. The van der Waals surface area contributed by atoms with Gasteiger partial charge < -0.3 is 15.2 Å². The van der Waals surface area contributed by atoms with Crippen LogP contribution in [0.1, 0.15) is 19.3 Å². The second-order valence-electron chi connectivity index (χ2n) is 7.50. The number of carbonyl (C=O) groups is 2. The highest BCUT2D eigenvalue weighted by atomic mass is 32.1. The molecule has 1 aliphatic rings. The Morgan fingerprint density at radius 3 is 2.69 bits per heavy atom. The predicted molar refractivity (Wildman–Crippen MR) is 127 cm³/mol. The predicted octanol–water partition coefficient (Wildman–Crippen LogP) is 5.74. The minimum atomic E-state index is -0.871. The van der Waals surface area contributed by atoms with Gasteiger partial charge in [-0.05, 0) is 61.0 Å². The SMILES string of the molecule is Nc1ccc(-c2cccs2)c(NC(=O)OC(=O)N(CC2CCCCO2)c2ccccc2)c1. The first kappa shape index (κ1) is 21.9. The van der Waals surface area contributed by atoms with E-state index in [1.54, 1.807) is 24.3 Å². The number of amides is 2. The number of nitrogens with two attached hydrogens (primary N) is 1. The second kappa shape index (κ2) is 10.3. The van der Waals surface area contributed by atoms with Gasteiger partial charge in [-0.25, -0.2) is 9.59 Å². The number of hydrogen-bond acceptors (Lipinski definition) is 6. The van der Waals surface area contributed by atoms with E-state index in [1.807, 2.05) is 41.8 Å². The number of hydrogen-bond donors (Lipinski definition) is 2. The number of para-hydroxylation sites is 1. The van der Waals surface area contributed by atoms with Crippen LogP contribution in [0.2, 0.25) is 0 Å². The van der Waals surface area contributed by atoms with Gasteiger partial charge >= 0.3 is 12.2 Å². The van der Waals surface area contributed by atoms with Crippen molar-refractivity contribution in [3.8, 4) is 10.4 Å². The topological polar surface area (TPSA) is 93.9 Å². The van der Waals surface area contributed by atoms with Crippen molar-refractivity contribution < 1.29 is 19.1 Å². The van der Waals surface area contributed by atoms with Crippen LogP contribution >= 0.6 is 11.3 Å². The van der Waals surface area contributed by atoms with E-state index in [4.69, 9.17) is 15.2 Å². The van der Waals surface area contributed by atoms with Gasteiger partial charge in [0.05, 0.1) is 18.3 Å². The molecule has 0 bridgehead atoms. The molecule has 32 heavy (non-hydrogen) atoms. The summed E-state index contributed by atoms with van der Waals surface area (Å²) in [7, 11) is 0. The molecule has 166 valence electrons. The minimum absolute atomic E-state index is 0.0982. The fourth-order valence-corrected chi connectivity index (χ4v) is 4.40. The summed E-state index contributed by atoms with van der Waals surface area (Å²) >= 11 is 1.54. The van der Waals surface area contributed by atoms with Crippen LogP contribution in [0.3, 0.4) is 0 Å². The number of nitrogens with one attached hydrogen (secondary N) is 1. The number of nitrogens with zero attached hydrogens (tertiary/aromatic N) is 1. The lowest BCUT2D eigenvalue weighted by Gasteiger charge is -2.29. The number of nitrogen functional groups attached to an aromatic ring is 1. The van der Waals surface area contributed by atoms with E-state index >= 15 is 0 Å². The molecule has 8 heteroatoms. The maximum atomic E-state index is 13.0. The van der Waals surface area contributed by atoms with E-state index in [-0.39, 0.29) is 6.10 Å². The normalized spacial score (nSPS) is 15.7. The Bertz CT molecular complexity index is 1050. The van der Waals surface area contributed by atoms with Gasteiger partial charge in [0.1, 0.15) is 0 Å². The summed E-state index contributed by atoms with van der Waals surface area (Å²) in [5.41, 5.74) is 8.32. The fraction of sp³-hybridized carbons (Fsp3) is 0.250. The summed E-state index contributed by atoms with van der Waals surface area (Å²) in [5, 5.41) is 4.61. The van der Waals surface area contributed by atoms with Crippen LogP contribution in [0.15, 0.2) is 66.0 Å². The molecule has 2 aromatic carbocycles. The third kappa shape index (κ3) is 5.46. The van der Waals surface area contributed by atoms with Crippen LogP contribution in [0, 0.1) is 0 Å². The van der Waals surface area contributed by atoms with Crippen molar-refractivity contribution in [2.45, 2.75) is 25.4 Å². The lowest BCUT2D eigenvalue weighted by atomic mass is 10.1. The molecule has 3 aromatic rings. The molecular weight excluding hydrogens is 426 g/mol. The number of carbonyl (C=O) groups excluding carboxylic acids is 2. The van der Waals surface area contributed by atoms with E-state index in [9.17, 15) is 9.59 Å².